The maximum atomic E-state index is 12.8. The van der Waals surface area contributed by atoms with Crippen LogP contribution in [0.15, 0.2) is 41.6 Å². The van der Waals surface area contributed by atoms with Gasteiger partial charge < -0.3 is 9.47 Å². The van der Waals surface area contributed by atoms with E-state index >= 15 is 0 Å². The molecule has 0 spiro atoms. The van der Waals surface area contributed by atoms with Crippen molar-refractivity contribution in [3.05, 3.63) is 41.7 Å². The first-order valence-corrected chi connectivity index (χ1v) is 10.1. The Morgan fingerprint density at radius 2 is 1.92 bits per heavy atom. The van der Waals surface area contributed by atoms with Crippen LogP contribution in [0.4, 0.5) is 0 Å². The van der Waals surface area contributed by atoms with Crippen LogP contribution in [0, 0.1) is 5.92 Å². The molecule has 0 radical (unpaired) electrons. The minimum Gasteiger partial charge on any atom is -0.495 e. The molecule has 2 heterocycles. The van der Waals surface area contributed by atoms with Crippen LogP contribution < -0.4 is 9.47 Å². The van der Waals surface area contributed by atoms with E-state index in [2.05, 4.69) is 9.97 Å². The molecular weight excluding hydrogens is 378 g/mol. The molecule has 26 heavy (non-hydrogen) atoms. The predicted molar refractivity (Wildman–Crippen MR) is 97.0 cm³/mol. The summed E-state index contributed by atoms with van der Waals surface area (Å²) in [5.74, 6) is 0.717. The van der Waals surface area contributed by atoms with Gasteiger partial charge in [-0.05, 0) is 43.0 Å². The van der Waals surface area contributed by atoms with Crippen LogP contribution in [0.1, 0.15) is 12.8 Å². The van der Waals surface area contributed by atoms with Crippen molar-refractivity contribution in [3.63, 3.8) is 0 Å². The summed E-state index contributed by atoms with van der Waals surface area (Å²) in [6.45, 7) is 1.36. The number of methoxy groups -OCH3 is 1. The molecule has 1 saturated heterocycles. The van der Waals surface area contributed by atoms with Crippen molar-refractivity contribution in [2.45, 2.75) is 17.7 Å². The fourth-order valence-corrected chi connectivity index (χ4v) is 4.64. The van der Waals surface area contributed by atoms with Crippen LogP contribution in [0.25, 0.3) is 0 Å². The van der Waals surface area contributed by atoms with E-state index in [1.54, 1.807) is 24.5 Å². The molecule has 0 bridgehead atoms. The quantitative estimate of drug-likeness (QED) is 0.745. The van der Waals surface area contributed by atoms with Crippen molar-refractivity contribution in [1.29, 1.82) is 0 Å². The lowest BCUT2D eigenvalue weighted by atomic mass is 9.99. The lowest BCUT2D eigenvalue weighted by Gasteiger charge is -2.31. The van der Waals surface area contributed by atoms with Crippen molar-refractivity contribution in [2.75, 3.05) is 26.8 Å². The Balaban J connectivity index is 1.59. The average molecular weight is 398 g/mol. The zero-order valence-electron chi connectivity index (χ0n) is 14.3. The third-order valence-electron chi connectivity index (χ3n) is 4.32. The Kier molecular flexibility index (Phi) is 5.95. The second-order valence-corrected chi connectivity index (χ2v) is 8.33. The molecule has 0 aliphatic carbocycles. The smallest absolute Gasteiger partial charge is 0.316 e. The molecule has 7 nitrogen and oxygen atoms in total. The maximum Gasteiger partial charge on any atom is 0.316 e. The standard InChI is InChI=1S/C17H20ClN3O4S/c1-24-16-4-3-14(11-15(16)18)26(22,23)21-9-5-13(6-10-21)12-25-17-19-7-2-8-20-17/h2-4,7-8,11,13H,5-6,9-10,12H2,1H3. The van der Waals surface area contributed by atoms with Crippen LogP contribution >= 0.6 is 11.6 Å². The van der Waals surface area contributed by atoms with E-state index in [9.17, 15) is 8.42 Å². The summed E-state index contributed by atoms with van der Waals surface area (Å²) in [4.78, 5) is 8.21. The number of benzene rings is 1. The number of ether oxygens (including phenoxy) is 2. The van der Waals surface area contributed by atoms with Crippen LogP contribution in [-0.4, -0.2) is 49.5 Å². The Labute approximate surface area is 158 Å². The van der Waals surface area contributed by atoms with Gasteiger partial charge in [-0.3, -0.25) is 0 Å². The summed E-state index contributed by atoms with van der Waals surface area (Å²) in [7, 11) is -2.08. The first kappa shape index (κ1) is 18.9. The molecule has 0 atom stereocenters. The third kappa shape index (κ3) is 4.25. The van der Waals surface area contributed by atoms with Crippen molar-refractivity contribution >= 4 is 21.6 Å². The number of aromatic nitrogens is 2. The number of halogens is 1. The molecule has 140 valence electrons. The number of hydrogen-bond donors (Lipinski definition) is 0. The molecule has 0 saturated carbocycles. The second-order valence-electron chi connectivity index (χ2n) is 5.99. The van der Waals surface area contributed by atoms with E-state index in [0.29, 0.717) is 31.5 Å². The topological polar surface area (TPSA) is 81.6 Å². The number of sulfonamides is 1. The molecule has 0 N–H and O–H groups in total. The van der Waals surface area contributed by atoms with Gasteiger partial charge in [0.05, 0.1) is 23.6 Å². The van der Waals surface area contributed by atoms with Crippen LogP contribution in [-0.2, 0) is 10.0 Å². The second kappa shape index (κ2) is 8.20. The number of hydrogen-bond acceptors (Lipinski definition) is 6. The van der Waals surface area contributed by atoms with Crippen molar-refractivity contribution in [3.8, 4) is 11.8 Å². The van der Waals surface area contributed by atoms with Gasteiger partial charge in [0.2, 0.25) is 10.0 Å². The first-order chi connectivity index (χ1) is 12.5. The zero-order valence-corrected chi connectivity index (χ0v) is 15.9. The highest BCUT2D eigenvalue weighted by Gasteiger charge is 2.30. The summed E-state index contributed by atoms with van der Waals surface area (Å²) < 4.78 is 37.7. The molecular formula is C17H20ClN3O4S. The van der Waals surface area contributed by atoms with Crippen molar-refractivity contribution < 1.29 is 17.9 Å². The summed E-state index contributed by atoms with van der Waals surface area (Å²) in [5.41, 5.74) is 0. The summed E-state index contributed by atoms with van der Waals surface area (Å²) in [5, 5.41) is 0.278. The highest BCUT2D eigenvalue weighted by molar-refractivity contribution is 7.89. The van der Waals surface area contributed by atoms with Crippen molar-refractivity contribution in [1.82, 2.24) is 14.3 Å². The van der Waals surface area contributed by atoms with E-state index in [1.807, 2.05) is 0 Å². The van der Waals surface area contributed by atoms with Gasteiger partial charge in [-0.2, -0.15) is 4.31 Å². The largest absolute Gasteiger partial charge is 0.495 e. The minimum atomic E-state index is -3.57. The lowest BCUT2D eigenvalue weighted by molar-refractivity contribution is 0.176. The molecule has 0 unspecified atom stereocenters. The van der Waals surface area contributed by atoms with E-state index in [1.165, 1.54) is 23.5 Å². The van der Waals surface area contributed by atoms with E-state index in [-0.39, 0.29) is 15.8 Å². The fourth-order valence-electron chi connectivity index (χ4n) is 2.83. The summed E-state index contributed by atoms with van der Waals surface area (Å²) >= 11 is 6.06. The van der Waals surface area contributed by atoms with Gasteiger partial charge in [0.15, 0.2) is 0 Å². The van der Waals surface area contributed by atoms with Gasteiger partial charge in [-0.1, -0.05) is 11.6 Å². The first-order valence-electron chi connectivity index (χ1n) is 8.24. The molecule has 1 aromatic heterocycles. The van der Waals surface area contributed by atoms with E-state index < -0.39 is 10.0 Å². The zero-order chi connectivity index (χ0) is 18.6. The maximum absolute atomic E-state index is 12.8. The molecule has 0 amide bonds. The van der Waals surface area contributed by atoms with Crippen LogP contribution in [0.2, 0.25) is 5.02 Å². The number of nitrogens with zero attached hydrogens (tertiary/aromatic N) is 3. The number of rotatable bonds is 6. The summed E-state index contributed by atoms with van der Waals surface area (Å²) in [6, 6.07) is 6.58. The van der Waals surface area contributed by atoms with E-state index in [4.69, 9.17) is 21.1 Å². The van der Waals surface area contributed by atoms with Crippen LogP contribution in [0.3, 0.4) is 0 Å². The SMILES string of the molecule is COc1ccc(S(=O)(=O)N2CCC(COc3ncccn3)CC2)cc1Cl. The summed E-state index contributed by atoms with van der Waals surface area (Å²) in [6.07, 6.45) is 4.68. The monoisotopic (exact) mass is 397 g/mol. The van der Waals surface area contributed by atoms with E-state index in [0.717, 1.165) is 12.8 Å². The molecule has 1 aliphatic rings. The molecule has 1 aromatic carbocycles. The highest BCUT2D eigenvalue weighted by atomic mass is 35.5. The van der Waals surface area contributed by atoms with Crippen LogP contribution in [0.5, 0.6) is 11.8 Å². The van der Waals surface area contributed by atoms with Gasteiger partial charge in [0.25, 0.3) is 0 Å². The number of piperidine rings is 1. The van der Waals surface area contributed by atoms with Gasteiger partial charge in [0, 0.05) is 25.5 Å². The fraction of sp³-hybridized carbons (Fsp3) is 0.412. The predicted octanol–water partition coefficient (Wildman–Crippen LogP) is 2.62. The van der Waals surface area contributed by atoms with Crippen molar-refractivity contribution in [2.24, 2.45) is 5.92 Å². The molecule has 1 aliphatic heterocycles. The highest BCUT2D eigenvalue weighted by Crippen LogP contribution is 2.30. The molecule has 1 fully saturated rings. The van der Waals surface area contributed by atoms with Gasteiger partial charge in [-0.25, -0.2) is 18.4 Å². The third-order valence-corrected chi connectivity index (χ3v) is 6.51. The van der Waals surface area contributed by atoms with Gasteiger partial charge in [-0.15, -0.1) is 0 Å². The lowest BCUT2D eigenvalue weighted by Crippen LogP contribution is -2.39. The Morgan fingerprint density at radius 3 is 2.54 bits per heavy atom. The van der Waals surface area contributed by atoms with Gasteiger partial charge >= 0.3 is 6.01 Å². The Morgan fingerprint density at radius 1 is 1.23 bits per heavy atom. The van der Waals surface area contributed by atoms with Gasteiger partial charge in [0.1, 0.15) is 5.75 Å². The molecule has 3 rings (SSSR count). The average Bonchev–Trinajstić information content (AvgIpc) is 2.67. The normalized spacial score (nSPS) is 16.4. The molecule has 9 heteroatoms. The Bertz CT molecular complexity index is 840. The Hall–Kier alpha value is -1.90. The molecule has 2 aromatic rings. The minimum absolute atomic E-state index is 0.177.